The molecule has 2 bridgehead atoms. The van der Waals surface area contributed by atoms with Gasteiger partial charge >= 0.3 is 0 Å². The van der Waals surface area contributed by atoms with E-state index in [2.05, 4.69) is 5.32 Å². The van der Waals surface area contributed by atoms with Crippen molar-refractivity contribution in [3.05, 3.63) is 52.1 Å². The molecule has 0 fully saturated rings. The molecule has 2 aromatic rings. The Morgan fingerprint density at radius 3 is 2.42 bits per heavy atom. The second-order valence-corrected chi connectivity index (χ2v) is 11.4. The third-order valence-corrected chi connectivity index (χ3v) is 8.14. The Kier molecular flexibility index (Phi) is 16.7. The monoisotopic (exact) mass is 647 g/mol. The molecule has 0 radical (unpaired) electrons. The molecule has 3 N–H and O–H groups in total. The number of rotatable bonds is 7. The van der Waals surface area contributed by atoms with Crippen molar-refractivity contribution in [2.45, 2.75) is 50.3 Å². The summed E-state index contributed by atoms with van der Waals surface area (Å²) in [4.78, 5) is 37.7. The normalized spacial score (nSPS) is 18.5. The van der Waals surface area contributed by atoms with Crippen molar-refractivity contribution in [3.8, 4) is 22.6 Å². The van der Waals surface area contributed by atoms with Crippen LogP contribution in [0.25, 0.3) is 11.1 Å². The molecule has 0 aliphatic carbocycles. The molecule has 12 nitrogen and oxygen atoms in total. The first kappa shape index (κ1) is 36.2. The van der Waals surface area contributed by atoms with E-state index in [1.807, 2.05) is 30.3 Å². The molecule has 4 rings (SSSR count). The summed E-state index contributed by atoms with van der Waals surface area (Å²) in [5.74, 6) is 0.568. The number of hydrogen-bond acceptors (Lipinski definition) is 11. The van der Waals surface area contributed by atoms with Gasteiger partial charge in [-0.1, -0.05) is 30.3 Å². The number of methoxy groups -OCH3 is 1. The quantitative estimate of drug-likeness (QED) is 0.250. The lowest BCUT2D eigenvalue weighted by Crippen LogP contribution is -2.43. The van der Waals surface area contributed by atoms with Gasteiger partial charge in [0.2, 0.25) is 5.91 Å². The number of nitro groups is 1. The van der Waals surface area contributed by atoms with Gasteiger partial charge in [0.15, 0.2) is 17.3 Å². The molecule has 45 heavy (non-hydrogen) atoms. The molecule has 2 aliphatic heterocycles. The minimum Gasteiger partial charge on any atom is -0.492 e. The number of nitro benzene ring substituents is 1. The predicted molar refractivity (Wildman–Crippen MR) is 173 cm³/mol. The number of benzene rings is 2. The first-order valence-corrected chi connectivity index (χ1v) is 16.5. The number of amides is 1. The second kappa shape index (κ2) is 20.7. The maximum atomic E-state index is 13.0. The number of carbonyl (C=O) groups excluding carboxylic acids is 2. The van der Waals surface area contributed by atoms with Crippen molar-refractivity contribution in [1.82, 2.24) is 5.32 Å². The summed E-state index contributed by atoms with van der Waals surface area (Å²) in [5.41, 5.74) is 7.16. The molecule has 1 atom stereocenters. The average molecular weight is 648 g/mol. The van der Waals surface area contributed by atoms with E-state index in [4.69, 9.17) is 29.4 Å². The Morgan fingerprint density at radius 1 is 1.04 bits per heavy atom. The third-order valence-electron chi connectivity index (χ3n) is 7.08. The zero-order valence-corrected chi connectivity index (χ0v) is 26.8. The number of hydrogen-bond donors (Lipinski definition) is 2. The van der Waals surface area contributed by atoms with E-state index in [1.165, 1.54) is 24.9 Å². The van der Waals surface area contributed by atoms with Crippen molar-refractivity contribution >= 4 is 29.1 Å². The molecule has 0 saturated carbocycles. The van der Waals surface area contributed by atoms with Gasteiger partial charge < -0.3 is 34.7 Å². The Morgan fingerprint density at radius 2 is 1.73 bits per heavy atom. The SMILES string of the molecule is COc1c2cc([N+](=O)[O-])c(c1-c1ccccc1)CSCC(C(=O)CCCN)NC(=O)CCOCCCCCOCCOCCO2. The summed E-state index contributed by atoms with van der Waals surface area (Å²) < 4.78 is 28.6. The molecule has 13 heteroatoms. The van der Waals surface area contributed by atoms with E-state index in [0.717, 1.165) is 19.3 Å². The summed E-state index contributed by atoms with van der Waals surface area (Å²) in [5, 5.41) is 15.2. The molecule has 1 amide bonds. The number of Topliss-reactive ketones (excluding diaryl/α,β-unsaturated/α-hetero) is 1. The number of ketones is 1. The number of nitrogens with zero attached hydrogens (tertiary/aromatic N) is 1. The van der Waals surface area contributed by atoms with Crippen LogP contribution in [0.2, 0.25) is 0 Å². The molecule has 1 unspecified atom stereocenters. The maximum absolute atomic E-state index is 13.0. The summed E-state index contributed by atoms with van der Waals surface area (Å²) in [7, 11) is 1.49. The second-order valence-electron chi connectivity index (χ2n) is 10.4. The van der Waals surface area contributed by atoms with Crippen LogP contribution in [0.4, 0.5) is 5.69 Å². The summed E-state index contributed by atoms with van der Waals surface area (Å²) in [6.07, 6.45) is 3.52. The number of carbonyl (C=O) groups is 2. The van der Waals surface area contributed by atoms with Crippen LogP contribution in [0.15, 0.2) is 36.4 Å². The minimum atomic E-state index is -0.771. The lowest BCUT2D eigenvalue weighted by molar-refractivity contribution is -0.385. The zero-order chi connectivity index (χ0) is 32.3. The zero-order valence-electron chi connectivity index (χ0n) is 26.0. The molecular weight excluding hydrogens is 602 g/mol. The molecule has 2 aromatic carbocycles. The van der Waals surface area contributed by atoms with E-state index < -0.39 is 11.0 Å². The van der Waals surface area contributed by atoms with Crippen molar-refractivity contribution in [2.75, 3.05) is 65.7 Å². The highest BCUT2D eigenvalue weighted by Crippen LogP contribution is 2.46. The van der Waals surface area contributed by atoms with Gasteiger partial charge in [0.05, 0.1) is 56.1 Å². The van der Waals surface area contributed by atoms with Gasteiger partial charge in [-0.25, -0.2) is 0 Å². The van der Waals surface area contributed by atoms with E-state index >= 15 is 0 Å². The van der Waals surface area contributed by atoms with E-state index in [1.54, 1.807) is 0 Å². The largest absolute Gasteiger partial charge is 0.492 e. The van der Waals surface area contributed by atoms with Crippen LogP contribution in [0, 0.1) is 10.1 Å². The Balaban J connectivity index is 1.92. The fourth-order valence-corrected chi connectivity index (χ4v) is 5.91. The first-order chi connectivity index (χ1) is 22.0. The topological polar surface area (TPSA) is 161 Å². The predicted octanol–water partition coefficient (Wildman–Crippen LogP) is 4.30. The number of fused-ring (bicyclic) bond motifs is 22. The van der Waals surface area contributed by atoms with Crippen LogP contribution in [0.1, 0.15) is 44.1 Å². The summed E-state index contributed by atoms with van der Waals surface area (Å²) in [6.45, 7) is 3.01. The highest BCUT2D eigenvalue weighted by atomic mass is 32.2. The third kappa shape index (κ3) is 12.2. The van der Waals surface area contributed by atoms with E-state index in [9.17, 15) is 19.7 Å². The molecule has 2 aliphatic rings. The van der Waals surface area contributed by atoms with Crippen LogP contribution in [-0.4, -0.2) is 88.3 Å². The van der Waals surface area contributed by atoms with Crippen LogP contribution in [0.5, 0.6) is 11.5 Å². The van der Waals surface area contributed by atoms with Gasteiger partial charge in [-0.15, -0.1) is 0 Å². The van der Waals surface area contributed by atoms with Gasteiger partial charge in [0, 0.05) is 43.1 Å². The van der Waals surface area contributed by atoms with Crippen molar-refractivity contribution in [2.24, 2.45) is 5.73 Å². The molecule has 0 aromatic heterocycles. The van der Waals surface area contributed by atoms with Gasteiger partial charge in [-0.05, 0) is 37.8 Å². The van der Waals surface area contributed by atoms with E-state index in [-0.39, 0.29) is 67.3 Å². The van der Waals surface area contributed by atoms with Crippen LogP contribution in [-0.2, 0) is 29.6 Å². The van der Waals surface area contributed by atoms with Crippen LogP contribution in [0.3, 0.4) is 0 Å². The molecular formula is C32H45N3O9S. The minimum absolute atomic E-state index is 0.122. The van der Waals surface area contributed by atoms with Gasteiger partial charge in [-0.2, -0.15) is 11.8 Å². The molecule has 248 valence electrons. The number of thioether (sulfide) groups is 1. The molecule has 0 saturated heterocycles. The highest BCUT2D eigenvalue weighted by Gasteiger charge is 2.28. The maximum Gasteiger partial charge on any atom is 0.278 e. The standard InChI is InChI=1S/C32H45N3O9S/c1-40-32-29-21-27(35(38)39)25(31(32)24-9-4-2-5-10-24)22-45-23-26(28(36)11-8-13-33)34-30(37)12-16-41-14-6-3-7-15-42-17-18-43-19-20-44-29/h2,4-5,9-10,21,26H,3,6-8,11-20,22-23,33H2,1H3,(H,34,37). The summed E-state index contributed by atoms with van der Waals surface area (Å²) >= 11 is 1.32. The number of nitrogens with one attached hydrogen (secondary N) is 1. The van der Waals surface area contributed by atoms with Crippen molar-refractivity contribution in [1.29, 1.82) is 0 Å². The van der Waals surface area contributed by atoms with Gasteiger partial charge in [0.1, 0.15) is 6.61 Å². The van der Waals surface area contributed by atoms with Crippen molar-refractivity contribution < 1.29 is 38.2 Å². The average Bonchev–Trinajstić information content (AvgIpc) is 3.04. The molecule has 0 spiro atoms. The fraction of sp³-hybridized carbons (Fsp3) is 0.562. The number of nitrogens with two attached hydrogens (primary N) is 1. The van der Waals surface area contributed by atoms with Crippen molar-refractivity contribution in [3.63, 3.8) is 0 Å². The lowest BCUT2D eigenvalue weighted by Gasteiger charge is -2.20. The Labute approximate surface area is 268 Å². The smallest absolute Gasteiger partial charge is 0.278 e. The lowest BCUT2D eigenvalue weighted by atomic mass is 9.97. The van der Waals surface area contributed by atoms with Gasteiger partial charge in [0.25, 0.3) is 5.69 Å². The van der Waals surface area contributed by atoms with Crippen LogP contribution >= 0.6 is 11.8 Å². The summed E-state index contributed by atoms with van der Waals surface area (Å²) in [6, 6.07) is 9.84. The molecule has 2 heterocycles. The Bertz CT molecular complexity index is 1220. The van der Waals surface area contributed by atoms with E-state index in [0.29, 0.717) is 61.8 Å². The Hall–Kier alpha value is -3.23. The highest BCUT2D eigenvalue weighted by molar-refractivity contribution is 7.98. The fourth-order valence-electron chi connectivity index (χ4n) is 4.79. The number of ether oxygens (including phenoxy) is 5. The van der Waals surface area contributed by atoms with Gasteiger partial charge in [-0.3, -0.25) is 19.7 Å². The first-order valence-electron chi connectivity index (χ1n) is 15.4. The van der Waals surface area contributed by atoms with Crippen LogP contribution < -0.4 is 20.5 Å².